The van der Waals surface area contributed by atoms with Gasteiger partial charge in [0.1, 0.15) is 5.54 Å². The van der Waals surface area contributed by atoms with Gasteiger partial charge >= 0.3 is 17.1 Å². The molecule has 18 heteroatoms. The minimum atomic E-state index is -4.94. The van der Waals surface area contributed by atoms with Gasteiger partial charge in [-0.05, 0) is 17.2 Å². The summed E-state index contributed by atoms with van der Waals surface area (Å²) in [7, 11) is -9.89. The van der Waals surface area contributed by atoms with E-state index in [9.17, 15) is 0 Å². The normalized spacial score (nSPS) is 11.2. The second-order valence-corrected chi connectivity index (χ2v) is 10.8. The summed E-state index contributed by atoms with van der Waals surface area (Å²) in [5.74, 6) is 0. The average molecular weight is 754 g/mol. The van der Waals surface area contributed by atoms with Crippen LogP contribution in [0.25, 0.3) is 0 Å². The van der Waals surface area contributed by atoms with Crippen molar-refractivity contribution in [3.63, 3.8) is 0 Å². The van der Waals surface area contributed by atoms with Gasteiger partial charge in [0.2, 0.25) is 0 Å². The molecule has 1 aromatic heterocycles. The van der Waals surface area contributed by atoms with Gasteiger partial charge in [0.15, 0.2) is 0 Å². The number of aromatic nitrogens is 2. The molecular weight excluding hydrogens is 718 g/mol. The van der Waals surface area contributed by atoms with Crippen molar-refractivity contribution in [2.24, 2.45) is 17.2 Å². The van der Waals surface area contributed by atoms with Gasteiger partial charge in [0, 0.05) is 62.2 Å². The number of halogens is 3. The van der Waals surface area contributed by atoms with Crippen LogP contribution < -0.4 is 54.5 Å². The van der Waals surface area contributed by atoms with Crippen LogP contribution in [0.1, 0.15) is 16.7 Å². The maximum Gasteiger partial charge on any atom is 2.00 e. The Morgan fingerprint density at radius 1 is 0.652 bits per heavy atom. The maximum absolute atomic E-state index is 8.49. The van der Waals surface area contributed by atoms with E-state index in [-0.39, 0.29) is 17.1 Å². The molecule has 6 N–H and O–H groups in total. The molecule has 0 aliphatic rings. The summed E-state index contributed by atoms with van der Waals surface area (Å²) < 4.78 is 70.1. The molecule has 0 atom stereocenters. The molecule has 46 heavy (non-hydrogen) atoms. The minimum absolute atomic E-state index is 0. The van der Waals surface area contributed by atoms with Crippen molar-refractivity contribution in [3.8, 4) is 0 Å². The van der Waals surface area contributed by atoms with Crippen molar-refractivity contribution in [3.05, 3.63) is 125 Å². The molecule has 257 valence electrons. The quantitative estimate of drug-likeness (QED) is 0.101. The van der Waals surface area contributed by atoms with Crippen LogP contribution in [0.5, 0.6) is 0 Å². The number of hydrogen-bond donors (Lipinski definition) is 3. The molecule has 0 bridgehead atoms. The third-order valence-corrected chi connectivity index (χ3v) is 6.20. The van der Waals surface area contributed by atoms with Crippen molar-refractivity contribution >= 4 is 11.6 Å². The van der Waals surface area contributed by atoms with E-state index in [1.807, 2.05) is 42.9 Å². The Kier molecular flexibility index (Phi) is 21.3. The van der Waals surface area contributed by atoms with Crippen LogP contribution in [-0.2, 0) is 22.6 Å². The van der Waals surface area contributed by atoms with E-state index in [0.717, 1.165) is 41.3 Å². The van der Waals surface area contributed by atoms with E-state index in [1.54, 1.807) is 6.20 Å². The van der Waals surface area contributed by atoms with Crippen LogP contribution in [0.3, 0.4) is 0 Å². The maximum atomic E-state index is 8.49. The standard InChI is InChI=1S/C22H17ClN2.C6H18N4.2ClHO4.Cu/c23-21-14-8-7-13-20(21)22(25-16-15-24-17-25,18-9-3-1-4-10-18)19-11-5-2-6-12-19;7-1-4-10(5-2-8)6-3-9;2*2-1(3,4)5;/h1-17H;1-9H2;2*(H,2,3,4,5);/q;;;;+2/p-2. The van der Waals surface area contributed by atoms with Gasteiger partial charge in [-0.2, -0.15) is 0 Å². The van der Waals surface area contributed by atoms with Gasteiger partial charge < -0.3 is 21.8 Å². The molecule has 0 saturated carbocycles. The largest absolute Gasteiger partial charge is 2.00 e. The van der Waals surface area contributed by atoms with Gasteiger partial charge in [-0.15, -0.1) is 20.5 Å². The Labute approximate surface area is 287 Å². The second-order valence-electron chi connectivity index (χ2n) is 8.86. The molecule has 3 aromatic carbocycles. The molecule has 14 nitrogen and oxygen atoms in total. The molecule has 4 aromatic rings. The van der Waals surface area contributed by atoms with Crippen LogP contribution in [0.15, 0.2) is 104 Å². The van der Waals surface area contributed by atoms with Gasteiger partial charge in [0.25, 0.3) is 0 Å². The molecule has 4 rings (SSSR count). The van der Waals surface area contributed by atoms with Crippen LogP contribution in [0, 0.1) is 20.5 Å². The SMILES string of the molecule is Clc1ccccc1C(c1ccccc1)(c1ccccc1)n1ccnc1.NCCN(CCN)CCN.[Cu+2].[O-][Cl+3]([O-])([O-])[O-].[O-][Cl+3]([O-])([O-])[O-]. The summed E-state index contributed by atoms with van der Waals surface area (Å²) in [6, 6.07) is 28.8. The summed E-state index contributed by atoms with van der Waals surface area (Å²) in [5, 5.41) is 0.726. The van der Waals surface area contributed by atoms with Crippen molar-refractivity contribution in [1.82, 2.24) is 14.5 Å². The van der Waals surface area contributed by atoms with Crippen molar-refractivity contribution in [2.75, 3.05) is 39.3 Å². The Hall–Kier alpha value is -2.22. The molecule has 0 spiro atoms. The van der Waals surface area contributed by atoms with E-state index in [0.29, 0.717) is 19.6 Å². The number of nitrogens with zero attached hydrogens (tertiary/aromatic N) is 3. The van der Waals surface area contributed by atoms with E-state index < -0.39 is 26.0 Å². The van der Waals surface area contributed by atoms with Gasteiger partial charge in [-0.1, -0.05) is 90.5 Å². The van der Waals surface area contributed by atoms with E-state index in [2.05, 4.69) is 69.0 Å². The zero-order chi connectivity index (χ0) is 33.9. The predicted molar refractivity (Wildman–Crippen MR) is 145 cm³/mol. The van der Waals surface area contributed by atoms with E-state index in [4.69, 9.17) is 66.1 Å². The van der Waals surface area contributed by atoms with Crippen LogP contribution >= 0.6 is 11.6 Å². The molecular formula is C28H35Cl3CuN6O8. The molecule has 0 saturated heterocycles. The third-order valence-electron chi connectivity index (χ3n) is 5.87. The summed E-state index contributed by atoms with van der Waals surface area (Å²) in [6.07, 6.45) is 5.64. The number of hydrogen-bond acceptors (Lipinski definition) is 13. The Morgan fingerprint density at radius 2 is 1.02 bits per heavy atom. The summed E-state index contributed by atoms with van der Waals surface area (Å²) in [4.78, 5) is 6.48. The first kappa shape index (κ1) is 43.8. The molecule has 1 heterocycles. The third kappa shape index (κ3) is 16.6. The molecule has 0 aliphatic heterocycles. The fourth-order valence-electron chi connectivity index (χ4n) is 4.37. The van der Waals surface area contributed by atoms with Gasteiger partial charge in [-0.25, -0.2) is 42.3 Å². The molecule has 0 aliphatic carbocycles. The number of benzene rings is 3. The molecule has 0 amide bonds. The monoisotopic (exact) mass is 751 g/mol. The van der Waals surface area contributed by atoms with Gasteiger partial charge in [-0.3, -0.25) is 4.90 Å². The van der Waals surface area contributed by atoms with Crippen molar-refractivity contribution < 1.29 is 74.8 Å². The second kappa shape index (κ2) is 22.4. The summed E-state index contributed by atoms with van der Waals surface area (Å²) in [5.41, 5.74) is 18.8. The first-order chi connectivity index (χ1) is 21.2. The van der Waals surface area contributed by atoms with Crippen molar-refractivity contribution in [1.29, 1.82) is 0 Å². The van der Waals surface area contributed by atoms with E-state index in [1.165, 1.54) is 0 Å². The first-order valence-corrected chi connectivity index (χ1v) is 15.9. The Balaban J connectivity index is 0.000000800. The number of nitrogens with two attached hydrogens (primary N) is 3. The van der Waals surface area contributed by atoms with Crippen molar-refractivity contribution in [2.45, 2.75) is 5.54 Å². The minimum Gasteiger partial charge on any atom is -0.329 e. The first-order valence-electron chi connectivity index (χ1n) is 13.1. The zero-order valence-corrected chi connectivity index (χ0v) is 27.5. The molecule has 1 radical (unpaired) electrons. The zero-order valence-electron chi connectivity index (χ0n) is 24.3. The van der Waals surface area contributed by atoms with E-state index >= 15 is 0 Å². The van der Waals surface area contributed by atoms with Crippen LogP contribution in [0.2, 0.25) is 5.02 Å². The number of rotatable bonds is 10. The fourth-order valence-corrected chi connectivity index (χ4v) is 4.64. The molecule has 0 unspecified atom stereocenters. The smallest absolute Gasteiger partial charge is 0.329 e. The number of imidazole rings is 1. The Morgan fingerprint density at radius 3 is 1.35 bits per heavy atom. The van der Waals surface area contributed by atoms with Crippen LogP contribution in [-0.4, -0.2) is 53.7 Å². The summed E-state index contributed by atoms with van der Waals surface area (Å²) in [6.45, 7) is 4.73. The fraction of sp³-hybridized carbons (Fsp3) is 0.250. The summed E-state index contributed by atoms with van der Waals surface area (Å²) >= 11 is 6.69. The Bertz CT molecular complexity index is 1240. The average Bonchev–Trinajstić information content (AvgIpc) is 3.50. The molecule has 0 fully saturated rings. The van der Waals surface area contributed by atoms with Gasteiger partial charge in [0.05, 0.1) is 6.33 Å². The predicted octanol–water partition coefficient (Wildman–Crippen LogP) is -5.97. The topological polar surface area (TPSA) is 284 Å². The van der Waals surface area contributed by atoms with Crippen LogP contribution in [0.4, 0.5) is 0 Å².